The zero-order valence-electron chi connectivity index (χ0n) is 22.8. The lowest BCUT2D eigenvalue weighted by Gasteiger charge is -2.32. The molecular formula is C29H42O5S. The molecule has 0 fully saturated rings. The van der Waals surface area contributed by atoms with Crippen molar-refractivity contribution in [1.29, 1.82) is 0 Å². The van der Waals surface area contributed by atoms with Crippen LogP contribution in [-0.2, 0) is 14.9 Å². The van der Waals surface area contributed by atoms with Crippen LogP contribution in [0.4, 0.5) is 0 Å². The zero-order chi connectivity index (χ0) is 26.6. The zero-order valence-corrected chi connectivity index (χ0v) is 23.6. The maximum Gasteiger partial charge on any atom is 0.308 e. The lowest BCUT2D eigenvalue weighted by molar-refractivity contribution is -0.144. The summed E-state index contributed by atoms with van der Waals surface area (Å²) in [5, 5.41) is 10.3. The van der Waals surface area contributed by atoms with E-state index in [1.165, 1.54) is 12.7 Å². The van der Waals surface area contributed by atoms with Crippen molar-refractivity contribution in [1.82, 2.24) is 0 Å². The second kappa shape index (κ2) is 11.7. The third kappa shape index (κ3) is 6.53. The van der Waals surface area contributed by atoms with E-state index in [9.17, 15) is 14.7 Å². The van der Waals surface area contributed by atoms with Crippen LogP contribution in [0.1, 0.15) is 92.0 Å². The number of rotatable bonds is 11. The molecule has 194 valence electrons. The second-order valence-electron chi connectivity index (χ2n) is 10.6. The van der Waals surface area contributed by atoms with Gasteiger partial charge >= 0.3 is 5.97 Å². The van der Waals surface area contributed by atoms with Gasteiger partial charge in [0, 0.05) is 16.7 Å². The fourth-order valence-electron chi connectivity index (χ4n) is 4.33. The topological polar surface area (TPSA) is 72.8 Å². The van der Waals surface area contributed by atoms with E-state index < -0.39 is 12.0 Å². The summed E-state index contributed by atoms with van der Waals surface area (Å²) >= 11 is 1.54. The highest BCUT2D eigenvalue weighted by atomic mass is 32.1. The van der Waals surface area contributed by atoms with Crippen LogP contribution in [-0.4, -0.2) is 36.7 Å². The Kier molecular flexibility index (Phi) is 9.71. The van der Waals surface area contributed by atoms with Crippen molar-refractivity contribution in [2.45, 2.75) is 86.2 Å². The third-order valence-electron chi connectivity index (χ3n) is 7.07. The monoisotopic (exact) mass is 502 g/mol. The highest BCUT2D eigenvalue weighted by Gasteiger charge is 2.34. The van der Waals surface area contributed by atoms with Gasteiger partial charge in [-0.05, 0) is 60.9 Å². The van der Waals surface area contributed by atoms with Crippen LogP contribution in [0.3, 0.4) is 0 Å². The largest absolute Gasteiger partial charge is 0.491 e. The average Bonchev–Trinajstić information content (AvgIpc) is 3.20. The molecule has 0 saturated carbocycles. The van der Waals surface area contributed by atoms with Gasteiger partial charge in [0.05, 0.1) is 24.0 Å². The van der Waals surface area contributed by atoms with Gasteiger partial charge in [-0.3, -0.25) is 9.59 Å². The molecule has 1 heterocycles. The molecule has 5 nitrogen and oxygen atoms in total. The third-order valence-corrected chi connectivity index (χ3v) is 8.55. The SMILES string of the molecule is CCC(CC)(c1ccc(OCC(O)C(C)(C)C)c(C)c1)c1cc(C)c(C(=O)C[C@@H](C)C(=O)OC)s1. The lowest BCUT2D eigenvalue weighted by Crippen LogP contribution is -2.32. The summed E-state index contributed by atoms with van der Waals surface area (Å²) in [5.41, 5.74) is 2.69. The Morgan fingerprint density at radius 2 is 1.69 bits per heavy atom. The molecule has 1 unspecified atom stereocenters. The van der Waals surface area contributed by atoms with E-state index in [4.69, 9.17) is 9.47 Å². The number of thiophene rings is 1. The number of ketones is 1. The number of aryl methyl sites for hydroxylation is 2. The van der Waals surface area contributed by atoms with Gasteiger partial charge in [-0.15, -0.1) is 11.3 Å². The quantitative estimate of drug-likeness (QED) is 0.275. The standard InChI is InChI=1S/C29H42O5S/c1-10-29(11-2,21-12-13-23(18(3)14-21)34-17-24(31)28(6,7)8)25-16-19(4)26(35-25)22(30)15-20(5)27(32)33-9/h12-14,16,20,24,31H,10-11,15,17H2,1-9H3/t20-,24?/m1/s1. The van der Waals surface area contributed by atoms with Gasteiger partial charge in [0.2, 0.25) is 0 Å². The summed E-state index contributed by atoms with van der Waals surface area (Å²) in [7, 11) is 1.35. The van der Waals surface area contributed by atoms with Crippen molar-refractivity contribution in [3.05, 3.63) is 50.7 Å². The summed E-state index contributed by atoms with van der Waals surface area (Å²) in [6.45, 7) is 16.3. The number of carbonyl (C=O) groups is 2. The van der Waals surface area contributed by atoms with E-state index in [1.807, 2.05) is 40.7 Å². The van der Waals surface area contributed by atoms with Crippen LogP contribution in [0.2, 0.25) is 0 Å². The first-order valence-corrected chi connectivity index (χ1v) is 13.3. The van der Waals surface area contributed by atoms with Crippen molar-refractivity contribution < 1.29 is 24.2 Å². The molecule has 0 radical (unpaired) electrons. The molecule has 0 saturated heterocycles. The van der Waals surface area contributed by atoms with Crippen molar-refractivity contribution >= 4 is 23.1 Å². The Hall–Kier alpha value is -2.18. The first-order chi connectivity index (χ1) is 16.3. The minimum absolute atomic E-state index is 0.0184. The van der Waals surface area contributed by atoms with Crippen molar-refractivity contribution in [3.8, 4) is 5.75 Å². The Balaban J connectivity index is 2.36. The maximum absolute atomic E-state index is 13.0. The van der Waals surface area contributed by atoms with Crippen molar-refractivity contribution in [2.24, 2.45) is 11.3 Å². The predicted molar refractivity (Wildman–Crippen MR) is 143 cm³/mol. The molecule has 2 aromatic rings. The average molecular weight is 503 g/mol. The van der Waals surface area contributed by atoms with Gasteiger partial charge in [-0.1, -0.05) is 53.7 Å². The number of hydrogen-bond donors (Lipinski definition) is 1. The molecule has 1 aromatic heterocycles. The van der Waals surface area contributed by atoms with Crippen LogP contribution >= 0.6 is 11.3 Å². The van der Waals surface area contributed by atoms with Gasteiger partial charge in [-0.2, -0.15) is 0 Å². The van der Waals surface area contributed by atoms with Crippen LogP contribution in [0, 0.1) is 25.2 Å². The number of benzene rings is 1. The summed E-state index contributed by atoms with van der Waals surface area (Å²) in [6, 6.07) is 8.40. The summed E-state index contributed by atoms with van der Waals surface area (Å²) in [4.78, 5) is 26.7. The van der Waals surface area contributed by atoms with Gasteiger partial charge in [0.25, 0.3) is 0 Å². The van der Waals surface area contributed by atoms with Gasteiger partial charge in [0.15, 0.2) is 5.78 Å². The van der Waals surface area contributed by atoms with Crippen LogP contribution in [0.5, 0.6) is 5.75 Å². The molecule has 0 aliphatic carbocycles. The number of aliphatic hydroxyl groups excluding tert-OH is 1. The molecule has 6 heteroatoms. The highest BCUT2D eigenvalue weighted by molar-refractivity contribution is 7.14. The van der Waals surface area contributed by atoms with E-state index in [0.717, 1.165) is 39.5 Å². The normalized spacial score (nSPS) is 13.9. The minimum Gasteiger partial charge on any atom is -0.491 e. The summed E-state index contributed by atoms with van der Waals surface area (Å²) < 4.78 is 10.7. The van der Waals surface area contributed by atoms with Crippen LogP contribution in [0.15, 0.2) is 24.3 Å². The molecule has 1 aromatic carbocycles. The Morgan fingerprint density at radius 1 is 1.06 bits per heavy atom. The van der Waals surface area contributed by atoms with E-state index in [1.54, 1.807) is 18.3 Å². The Morgan fingerprint density at radius 3 is 2.20 bits per heavy atom. The van der Waals surface area contributed by atoms with Crippen molar-refractivity contribution in [3.63, 3.8) is 0 Å². The fraction of sp³-hybridized carbons (Fsp3) is 0.586. The molecule has 2 rings (SSSR count). The van der Waals surface area contributed by atoms with E-state index in [2.05, 4.69) is 32.0 Å². The smallest absolute Gasteiger partial charge is 0.308 e. The Labute approximate surface area is 214 Å². The number of carbonyl (C=O) groups excluding carboxylic acids is 2. The number of ether oxygens (including phenoxy) is 2. The van der Waals surface area contributed by atoms with E-state index in [-0.39, 0.29) is 35.6 Å². The first kappa shape index (κ1) is 29.1. The van der Waals surface area contributed by atoms with E-state index >= 15 is 0 Å². The molecule has 1 N–H and O–H groups in total. The van der Waals surface area contributed by atoms with Crippen LogP contribution < -0.4 is 4.74 Å². The number of esters is 1. The molecular weight excluding hydrogens is 460 g/mol. The van der Waals surface area contributed by atoms with Gasteiger partial charge in [-0.25, -0.2) is 0 Å². The number of aliphatic hydroxyl groups is 1. The second-order valence-corrected chi connectivity index (χ2v) is 11.7. The first-order valence-electron chi connectivity index (χ1n) is 12.4. The van der Waals surface area contributed by atoms with Crippen molar-refractivity contribution in [2.75, 3.05) is 13.7 Å². The lowest BCUT2D eigenvalue weighted by atomic mass is 9.74. The maximum atomic E-state index is 13.0. The van der Waals surface area contributed by atoms with E-state index in [0.29, 0.717) is 0 Å². The predicted octanol–water partition coefficient (Wildman–Crippen LogP) is 6.64. The van der Waals surface area contributed by atoms with Gasteiger partial charge in [0.1, 0.15) is 12.4 Å². The Bertz CT molecular complexity index is 1030. The summed E-state index contributed by atoms with van der Waals surface area (Å²) in [5.74, 6) is -0.0770. The van der Waals surface area contributed by atoms with Crippen LogP contribution in [0.25, 0.3) is 0 Å². The molecule has 0 spiro atoms. The fourth-order valence-corrected chi connectivity index (χ4v) is 5.80. The molecule has 0 aliphatic heterocycles. The molecule has 2 atom stereocenters. The summed E-state index contributed by atoms with van der Waals surface area (Å²) in [6.07, 6.45) is 1.36. The number of hydrogen-bond acceptors (Lipinski definition) is 6. The molecule has 35 heavy (non-hydrogen) atoms. The number of Topliss-reactive ketones (excluding diaryl/α,β-unsaturated/α-hetero) is 1. The molecule has 0 bridgehead atoms. The minimum atomic E-state index is -0.557. The highest BCUT2D eigenvalue weighted by Crippen LogP contribution is 2.44. The molecule has 0 aliphatic rings. The number of methoxy groups -OCH3 is 1. The van der Waals surface area contributed by atoms with Gasteiger partial charge < -0.3 is 14.6 Å². The molecule has 0 amide bonds.